The zero-order valence-electron chi connectivity index (χ0n) is 20.2. The zero-order chi connectivity index (χ0) is 24.8. The maximum absolute atomic E-state index is 14.4. The second-order valence-electron chi connectivity index (χ2n) is 9.09. The molecule has 0 bridgehead atoms. The maximum Gasteiger partial charge on any atom is 0.294 e. The van der Waals surface area contributed by atoms with Crippen molar-refractivity contribution < 1.29 is 8.78 Å². The van der Waals surface area contributed by atoms with E-state index in [2.05, 4.69) is 73.5 Å². The summed E-state index contributed by atoms with van der Waals surface area (Å²) in [6.07, 6.45) is 7.50. The number of alkyl halides is 2. The number of rotatable bonds is 8. The highest BCUT2D eigenvalue weighted by atomic mass is 32.1. The molecular weight excluding hydrogens is 456 g/mol. The van der Waals surface area contributed by atoms with Gasteiger partial charge in [0, 0.05) is 6.42 Å². The first kappa shape index (κ1) is 24.9. The predicted molar refractivity (Wildman–Crippen MR) is 146 cm³/mol. The van der Waals surface area contributed by atoms with E-state index in [1.807, 2.05) is 29.4 Å². The van der Waals surface area contributed by atoms with Crippen molar-refractivity contribution in [3.8, 4) is 22.3 Å². The number of nitrogens with zero attached hydrogens (tertiary/aromatic N) is 1. The molecule has 0 heterocycles. The second kappa shape index (κ2) is 11.0. The summed E-state index contributed by atoms with van der Waals surface area (Å²) in [5, 5.41) is 2.04. The molecule has 0 spiro atoms. The van der Waals surface area contributed by atoms with Gasteiger partial charge in [-0.3, -0.25) is 0 Å². The Morgan fingerprint density at radius 1 is 0.857 bits per heavy atom. The van der Waals surface area contributed by atoms with Crippen molar-refractivity contribution in [3.63, 3.8) is 0 Å². The number of unbranched alkanes of at least 4 members (excludes halogenated alkanes) is 2. The third-order valence-corrected chi connectivity index (χ3v) is 6.64. The standard InChI is InChI=1S/C31H29F2NS/c1-3-4-5-6-23-7-9-24(10-8-23)27-15-17-29(22(2)19-27)26-13-11-25(12-14-26)28-16-18-30(34-21-35)31(32,33)20-28/h7-19H,3-6,20H2,1-2H3. The fraction of sp³-hybridized carbons (Fsp3) is 0.258. The molecule has 0 radical (unpaired) electrons. The Bertz CT molecular complexity index is 1290. The first-order valence-electron chi connectivity index (χ1n) is 12.1. The molecule has 1 nitrogen and oxygen atoms in total. The van der Waals surface area contributed by atoms with Gasteiger partial charge >= 0.3 is 0 Å². The van der Waals surface area contributed by atoms with Gasteiger partial charge in [-0.2, -0.15) is 13.8 Å². The predicted octanol–water partition coefficient (Wildman–Crippen LogP) is 9.47. The summed E-state index contributed by atoms with van der Waals surface area (Å²) < 4.78 is 28.7. The van der Waals surface area contributed by atoms with E-state index in [1.54, 1.807) is 6.08 Å². The molecule has 35 heavy (non-hydrogen) atoms. The van der Waals surface area contributed by atoms with Crippen LogP contribution in [0.3, 0.4) is 0 Å². The number of isothiocyanates is 1. The number of thiocarbonyl (C=S) groups is 1. The van der Waals surface area contributed by atoms with Crippen molar-refractivity contribution in [3.05, 3.63) is 101 Å². The molecule has 0 saturated carbocycles. The van der Waals surface area contributed by atoms with Crippen LogP contribution < -0.4 is 0 Å². The van der Waals surface area contributed by atoms with E-state index in [0.29, 0.717) is 5.57 Å². The number of hydrogen-bond acceptors (Lipinski definition) is 2. The van der Waals surface area contributed by atoms with Gasteiger partial charge in [0.15, 0.2) is 0 Å². The summed E-state index contributed by atoms with van der Waals surface area (Å²) in [7, 11) is 0. The Labute approximate surface area is 211 Å². The molecule has 1 aliphatic carbocycles. The van der Waals surface area contributed by atoms with Crippen molar-refractivity contribution in [2.45, 2.75) is 51.9 Å². The van der Waals surface area contributed by atoms with Gasteiger partial charge < -0.3 is 0 Å². The van der Waals surface area contributed by atoms with Crippen LogP contribution in [0, 0.1) is 6.92 Å². The van der Waals surface area contributed by atoms with Crippen LogP contribution in [-0.2, 0) is 6.42 Å². The summed E-state index contributed by atoms with van der Waals surface area (Å²) in [4.78, 5) is 3.51. The molecule has 1 aliphatic rings. The Hall–Kier alpha value is -3.20. The average Bonchev–Trinajstić information content (AvgIpc) is 2.86. The lowest BCUT2D eigenvalue weighted by atomic mass is 9.91. The SMILES string of the molecule is CCCCCc1ccc(-c2ccc(-c3ccc(C4=CC=C(N=C=S)C(F)(F)C4)cc3)c(C)c2)cc1. The van der Waals surface area contributed by atoms with Crippen molar-refractivity contribution in [1.29, 1.82) is 0 Å². The summed E-state index contributed by atoms with van der Waals surface area (Å²) in [6.45, 7) is 4.34. The molecule has 0 aliphatic heterocycles. The van der Waals surface area contributed by atoms with E-state index < -0.39 is 12.3 Å². The van der Waals surface area contributed by atoms with Gasteiger partial charge in [0.05, 0.1) is 5.16 Å². The zero-order valence-corrected chi connectivity index (χ0v) is 21.0. The van der Waals surface area contributed by atoms with Gasteiger partial charge in [-0.15, -0.1) is 0 Å². The Balaban J connectivity index is 1.51. The van der Waals surface area contributed by atoms with Crippen LogP contribution in [0.1, 0.15) is 49.3 Å². The minimum Gasteiger partial charge on any atom is -0.199 e. The number of aliphatic imine (C=N–C) groups is 1. The highest BCUT2D eigenvalue weighted by Crippen LogP contribution is 2.39. The lowest BCUT2D eigenvalue weighted by Gasteiger charge is -2.22. The van der Waals surface area contributed by atoms with Crippen LogP contribution >= 0.6 is 12.2 Å². The summed E-state index contributed by atoms with van der Waals surface area (Å²) in [6, 6.07) is 23.2. The number of benzene rings is 3. The first-order chi connectivity index (χ1) is 16.9. The quantitative estimate of drug-likeness (QED) is 0.176. The molecule has 0 fully saturated rings. The molecule has 3 aromatic carbocycles. The topological polar surface area (TPSA) is 12.4 Å². The first-order valence-corrected chi connectivity index (χ1v) is 12.5. The highest BCUT2D eigenvalue weighted by Gasteiger charge is 2.37. The lowest BCUT2D eigenvalue weighted by molar-refractivity contribution is 0.0453. The van der Waals surface area contributed by atoms with Crippen molar-refractivity contribution in [1.82, 2.24) is 0 Å². The Morgan fingerprint density at radius 3 is 2.14 bits per heavy atom. The Kier molecular flexibility index (Phi) is 7.85. The third-order valence-electron chi connectivity index (χ3n) is 6.55. The molecular formula is C31H29F2NS. The van der Waals surface area contributed by atoms with Gasteiger partial charge in [0.1, 0.15) is 5.70 Å². The summed E-state index contributed by atoms with van der Waals surface area (Å²) in [5.74, 6) is -3.05. The third kappa shape index (κ3) is 5.90. The van der Waals surface area contributed by atoms with Crippen LogP contribution in [0.5, 0.6) is 0 Å². The van der Waals surface area contributed by atoms with E-state index in [-0.39, 0.29) is 5.70 Å². The lowest BCUT2D eigenvalue weighted by Crippen LogP contribution is -2.21. The summed E-state index contributed by atoms with van der Waals surface area (Å²) >= 11 is 4.48. The molecule has 0 saturated heterocycles. The monoisotopic (exact) mass is 485 g/mol. The maximum atomic E-state index is 14.4. The largest absolute Gasteiger partial charge is 0.294 e. The normalized spacial score (nSPS) is 14.6. The summed E-state index contributed by atoms with van der Waals surface area (Å²) in [5.41, 5.74) is 8.19. The van der Waals surface area contributed by atoms with E-state index >= 15 is 0 Å². The molecule has 0 aromatic heterocycles. The Morgan fingerprint density at radius 2 is 1.51 bits per heavy atom. The van der Waals surface area contributed by atoms with E-state index in [1.165, 1.54) is 47.6 Å². The number of aryl methyl sites for hydroxylation is 2. The van der Waals surface area contributed by atoms with E-state index in [9.17, 15) is 8.78 Å². The molecule has 3 aromatic rings. The second-order valence-corrected chi connectivity index (χ2v) is 9.27. The molecule has 0 atom stereocenters. The van der Waals surface area contributed by atoms with E-state index in [0.717, 1.165) is 23.1 Å². The number of allylic oxidation sites excluding steroid dienone is 4. The van der Waals surface area contributed by atoms with Crippen LogP contribution in [-0.4, -0.2) is 11.1 Å². The van der Waals surface area contributed by atoms with Crippen molar-refractivity contribution >= 4 is 23.0 Å². The van der Waals surface area contributed by atoms with Gasteiger partial charge in [-0.05, 0) is 82.6 Å². The van der Waals surface area contributed by atoms with Gasteiger partial charge in [-0.25, -0.2) is 0 Å². The smallest absolute Gasteiger partial charge is 0.199 e. The minimum atomic E-state index is -3.05. The van der Waals surface area contributed by atoms with Crippen molar-refractivity contribution in [2.24, 2.45) is 4.99 Å². The van der Waals surface area contributed by atoms with Crippen LogP contribution in [0.15, 0.2) is 89.6 Å². The van der Waals surface area contributed by atoms with E-state index in [4.69, 9.17) is 0 Å². The van der Waals surface area contributed by atoms with Crippen LogP contribution in [0.4, 0.5) is 8.78 Å². The minimum absolute atomic E-state index is 0.338. The fourth-order valence-corrected chi connectivity index (χ4v) is 4.63. The molecule has 4 heteroatoms. The van der Waals surface area contributed by atoms with Crippen LogP contribution in [0.2, 0.25) is 0 Å². The van der Waals surface area contributed by atoms with Crippen molar-refractivity contribution in [2.75, 3.05) is 0 Å². The molecule has 0 amide bonds. The van der Waals surface area contributed by atoms with Gasteiger partial charge in [-0.1, -0.05) is 92.6 Å². The van der Waals surface area contributed by atoms with Crippen LogP contribution in [0.25, 0.3) is 27.8 Å². The molecule has 178 valence electrons. The molecule has 0 unspecified atom stereocenters. The molecule has 4 rings (SSSR count). The van der Waals surface area contributed by atoms with Gasteiger partial charge in [0.25, 0.3) is 5.92 Å². The number of halogens is 2. The molecule has 0 N–H and O–H groups in total. The average molecular weight is 486 g/mol. The van der Waals surface area contributed by atoms with Gasteiger partial charge in [0.2, 0.25) is 0 Å². The number of hydrogen-bond donors (Lipinski definition) is 0. The fourth-order valence-electron chi connectivity index (χ4n) is 4.53. The highest BCUT2D eigenvalue weighted by molar-refractivity contribution is 7.78.